The number of hydrogen-bond donors (Lipinski definition) is 1. The lowest BCUT2D eigenvalue weighted by molar-refractivity contribution is -0.145. The summed E-state index contributed by atoms with van der Waals surface area (Å²) in [6, 6.07) is 0.884. The zero-order valence-electron chi connectivity index (χ0n) is 9.63. The average Bonchev–Trinajstić information content (AvgIpc) is 2.93. The third kappa shape index (κ3) is 2.36. The highest BCUT2D eigenvalue weighted by atomic mass is 35.5. The molecular weight excluding hydrogens is 278 g/mol. The molecule has 1 aliphatic rings. The Morgan fingerprint density at radius 3 is 2.89 bits per heavy atom. The van der Waals surface area contributed by atoms with Crippen LogP contribution in [0.5, 0.6) is 0 Å². The number of likely N-dealkylation sites (tertiary alicyclic amines) is 1. The second-order valence-corrected chi connectivity index (χ2v) is 5.31. The summed E-state index contributed by atoms with van der Waals surface area (Å²) < 4.78 is 4.64. The van der Waals surface area contributed by atoms with Crippen molar-refractivity contribution in [3.63, 3.8) is 0 Å². The third-order valence-electron chi connectivity index (χ3n) is 2.82. The number of esters is 1. The normalized spacial score (nSPS) is 23.2. The first-order valence-electron chi connectivity index (χ1n) is 5.34. The van der Waals surface area contributed by atoms with Gasteiger partial charge in [0.1, 0.15) is 10.9 Å². The van der Waals surface area contributed by atoms with Gasteiger partial charge in [-0.1, -0.05) is 11.6 Å². The number of methoxy groups -OCH3 is 1. The van der Waals surface area contributed by atoms with Gasteiger partial charge in [0.2, 0.25) is 0 Å². The number of hydrogen-bond acceptors (Lipinski definition) is 5. The van der Waals surface area contributed by atoms with Crippen molar-refractivity contribution in [3.05, 3.63) is 21.3 Å². The number of aliphatic hydroxyl groups is 1. The smallest absolute Gasteiger partial charge is 0.328 e. The maximum Gasteiger partial charge on any atom is 0.328 e. The molecule has 7 heteroatoms. The van der Waals surface area contributed by atoms with Crippen molar-refractivity contribution in [2.75, 3.05) is 13.7 Å². The molecule has 1 saturated heterocycles. The first-order chi connectivity index (χ1) is 8.54. The number of halogens is 1. The predicted molar refractivity (Wildman–Crippen MR) is 66.8 cm³/mol. The van der Waals surface area contributed by atoms with E-state index in [2.05, 4.69) is 4.74 Å². The Kier molecular flexibility index (Phi) is 3.89. The number of carbonyl (C=O) groups is 2. The lowest BCUT2D eigenvalue weighted by atomic mass is 10.2. The van der Waals surface area contributed by atoms with Gasteiger partial charge in [-0.05, 0) is 11.4 Å². The van der Waals surface area contributed by atoms with E-state index in [4.69, 9.17) is 11.6 Å². The molecule has 2 heterocycles. The number of nitrogens with zero attached hydrogens (tertiary/aromatic N) is 1. The molecular formula is C11H12ClNO4S. The van der Waals surface area contributed by atoms with E-state index >= 15 is 0 Å². The number of aliphatic hydroxyl groups excluding tert-OH is 1. The standard InChI is InChI=1S/C11H12ClNO4S/c1-17-11(16)8-4-6(14)5-13(8)10(15)9-7(12)2-3-18-9/h2-3,6,8,14H,4-5H2,1H3. The minimum atomic E-state index is -0.740. The molecule has 1 amide bonds. The largest absolute Gasteiger partial charge is 0.467 e. The summed E-state index contributed by atoms with van der Waals surface area (Å²) in [7, 11) is 1.26. The molecule has 1 aromatic heterocycles. The number of ether oxygens (including phenoxy) is 1. The predicted octanol–water partition coefficient (Wildman–Crippen LogP) is 1.15. The lowest BCUT2D eigenvalue weighted by Crippen LogP contribution is -2.41. The van der Waals surface area contributed by atoms with Crippen molar-refractivity contribution in [2.45, 2.75) is 18.6 Å². The van der Waals surface area contributed by atoms with Crippen molar-refractivity contribution in [2.24, 2.45) is 0 Å². The summed E-state index contributed by atoms with van der Waals surface area (Å²) >= 11 is 7.11. The van der Waals surface area contributed by atoms with Crippen LogP contribution >= 0.6 is 22.9 Å². The van der Waals surface area contributed by atoms with Crippen LogP contribution in [0.4, 0.5) is 0 Å². The Morgan fingerprint density at radius 2 is 2.33 bits per heavy atom. The Hall–Kier alpha value is -1.11. The van der Waals surface area contributed by atoms with Gasteiger partial charge in [-0.15, -0.1) is 11.3 Å². The fraction of sp³-hybridized carbons (Fsp3) is 0.455. The Balaban J connectivity index is 2.23. The first kappa shape index (κ1) is 13.3. The number of amides is 1. The molecule has 98 valence electrons. The van der Waals surface area contributed by atoms with Gasteiger partial charge in [-0.2, -0.15) is 0 Å². The Bertz CT molecular complexity index is 475. The molecule has 18 heavy (non-hydrogen) atoms. The second-order valence-electron chi connectivity index (χ2n) is 3.98. The number of carbonyl (C=O) groups excluding carboxylic acids is 2. The Morgan fingerprint density at radius 1 is 1.61 bits per heavy atom. The molecule has 0 spiro atoms. The number of thiophene rings is 1. The van der Waals surface area contributed by atoms with E-state index in [9.17, 15) is 14.7 Å². The summed E-state index contributed by atoms with van der Waals surface area (Å²) in [6.07, 6.45) is -0.515. The minimum Gasteiger partial charge on any atom is -0.467 e. The van der Waals surface area contributed by atoms with Crippen molar-refractivity contribution in [1.29, 1.82) is 0 Å². The molecule has 5 nitrogen and oxygen atoms in total. The second kappa shape index (κ2) is 5.26. The van der Waals surface area contributed by atoms with Gasteiger partial charge in [0.25, 0.3) is 5.91 Å². The summed E-state index contributed by atoms with van der Waals surface area (Å²) in [4.78, 5) is 25.5. The number of rotatable bonds is 2. The van der Waals surface area contributed by atoms with Crippen LogP contribution in [0.3, 0.4) is 0 Å². The van der Waals surface area contributed by atoms with Gasteiger partial charge in [0.05, 0.1) is 18.2 Å². The van der Waals surface area contributed by atoms with Crippen molar-refractivity contribution >= 4 is 34.8 Å². The summed E-state index contributed by atoms with van der Waals surface area (Å²) in [5.41, 5.74) is 0. The van der Waals surface area contributed by atoms with Crippen LogP contribution < -0.4 is 0 Å². The highest BCUT2D eigenvalue weighted by molar-refractivity contribution is 7.12. The molecule has 1 aromatic rings. The van der Waals surface area contributed by atoms with Gasteiger partial charge in [0, 0.05) is 13.0 Å². The molecule has 2 atom stereocenters. The number of β-amino-alcohol motifs (C(OH)–C–C–N with tert-alkyl or cyclic N) is 1. The van der Waals surface area contributed by atoms with Crippen molar-refractivity contribution < 1.29 is 19.4 Å². The molecule has 1 N–H and O–H groups in total. The molecule has 2 unspecified atom stereocenters. The van der Waals surface area contributed by atoms with E-state index in [-0.39, 0.29) is 18.9 Å². The summed E-state index contributed by atoms with van der Waals surface area (Å²) in [6.45, 7) is 0.118. The van der Waals surface area contributed by atoms with E-state index in [1.54, 1.807) is 11.4 Å². The molecule has 0 radical (unpaired) electrons. The van der Waals surface area contributed by atoms with Crippen molar-refractivity contribution in [1.82, 2.24) is 4.90 Å². The van der Waals surface area contributed by atoms with Gasteiger partial charge in [0.15, 0.2) is 0 Å². The fourth-order valence-electron chi connectivity index (χ4n) is 1.97. The highest BCUT2D eigenvalue weighted by Gasteiger charge is 2.40. The highest BCUT2D eigenvalue weighted by Crippen LogP contribution is 2.28. The zero-order chi connectivity index (χ0) is 13.3. The van der Waals surface area contributed by atoms with Crippen LogP contribution in [-0.4, -0.2) is 47.7 Å². The van der Waals surface area contributed by atoms with E-state index in [1.165, 1.54) is 23.3 Å². The van der Waals surface area contributed by atoms with Crippen LogP contribution in [0, 0.1) is 0 Å². The van der Waals surface area contributed by atoms with Crippen LogP contribution in [0.2, 0.25) is 5.02 Å². The fourth-order valence-corrected chi connectivity index (χ4v) is 3.07. The van der Waals surface area contributed by atoms with Gasteiger partial charge >= 0.3 is 5.97 Å². The average molecular weight is 290 g/mol. The lowest BCUT2D eigenvalue weighted by Gasteiger charge is -2.21. The summed E-state index contributed by atoms with van der Waals surface area (Å²) in [5.74, 6) is -0.866. The molecule has 1 aliphatic heterocycles. The van der Waals surface area contributed by atoms with E-state index in [0.717, 1.165) is 0 Å². The Labute approximate surface area is 113 Å². The third-order valence-corrected chi connectivity index (χ3v) is 4.15. The maximum atomic E-state index is 12.2. The first-order valence-corrected chi connectivity index (χ1v) is 6.60. The maximum absolute atomic E-state index is 12.2. The minimum absolute atomic E-state index is 0.118. The van der Waals surface area contributed by atoms with Crippen LogP contribution in [0.25, 0.3) is 0 Å². The van der Waals surface area contributed by atoms with E-state index in [0.29, 0.717) is 9.90 Å². The van der Waals surface area contributed by atoms with Crippen molar-refractivity contribution in [3.8, 4) is 0 Å². The SMILES string of the molecule is COC(=O)C1CC(O)CN1C(=O)c1sccc1Cl. The zero-order valence-corrected chi connectivity index (χ0v) is 11.2. The van der Waals surface area contributed by atoms with E-state index < -0.39 is 18.1 Å². The monoisotopic (exact) mass is 289 g/mol. The van der Waals surface area contributed by atoms with Crippen LogP contribution in [0.15, 0.2) is 11.4 Å². The molecule has 2 rings (SSSR count). The van der Waals surface area contributed by atoms with Gasteiger partial charge in [-0.25, -0.2) is 4.79 Å². The molecule has 0 aromatic carbocycles. The van der Waals surface area contributed by atoms with Crippen LogP contribution in [-0.2, 0) is 9.53 Å². The molecule has 1 fully saturated rings. The van der Waals surface area contributed by atoms with Gasteiger partial charge < -0.3 is 14.7 Å². The molecule has 0 aliphatic carbocycles. The topological polar surface area (TPSA) is 66.8 Å². The molecule has 0 saturated carbocycles. The van der Waals surface area contributed by atoms with Gasteiger partial charge in [-0.3, -0.25) is 4.79 Å². The summed E-state index contributed by atoms with van der Waals surface area (Å²) in [5, 5.41) is 11.7. The van der Waals surface area contributed by atoms with E-state index in [1.807, 2.05) is 0 Å². The quantitative estimate of drug-likeness (QED) is 0.830. The van der Waals surface area contributed by atoms with Crippen LogP contribution in [0.1, 0.15) is 16.1 Å². The molecule has 0 bridgehead atoms.